The molecule has 0 unspecified atom stereocenters. The number of aromatic nitrogens is 4. The Morgan fingerprint density at radius 1 is 0.909 bits per heavy atom. The number of morpholine rings is 1. The molecule has 0 spiro atoms. The zero-order valence-corrected chi connectivity index (χ0v) is 19.1. The van der Waals surface area contributed by atoms with Crippen molar-refractivity contribution in [1.29, 1.82) is 0 Å². The minimum atomic E-state index is 0.0136. The fourth-order valence-electron chi connectivity index (χ4n) is 4.32. The molecule has 5 rings (SSSR count). The lowest BCUT2D eigenvalue weighted by Crippen LogP contribution is -2.49. The van der Waals surface area contributed by atoms with Crippen molar-refractivity contribution in [3.8, 4) is 11.3 Å². The smallest absolute Gasteiger partial charge is 0.272 e. The third kappa shape index (κ3) is 4.54. The van der Waals surface area contributed by atoms with Crippen molar-refractivity contribution in [2.24, 2.45) is 7.05 Å². The van der Waals surface area contributed by atoms with Gasteiger partial charge in [0.05, 0.1) is 18.9 Å². The van der Waals surface area contributed by atoms with Gasteiger partial charge in [-0.2, -0.15) is 10.1 Å². The Hall–Kier alpha value is -3.46. The Bertz CT molecular complexity index is 1120. The molecule has 1 amide bonds. The maximum Gasteiger partial charge on any atom is 0.272 e. The van der Waals surface area contributed by atoms with Crippen molar-refractivity contribution in [3.05, 3.63) is 53.9 Å². The molecule has 2 aromatic heterocycles. The first-order chi connectivity index (χ1) is 16.1. The van der Waals surface area contributed by atoms with E-state index in [1.54, 1.807) is 4.68 Å². The van der Waals surface area contributed by atoms with Crippen LogP contribution < -0.4 is 9.80 Å². The molecule has 2 aliphatic rings. The van der Waals surface area contributed by atoms with E-state index in [1.165, 1.54) is 0 Å². The number of nitrogens with zero attached hydrogens (tertiary/aromatic N) is 7. The largest absolute Gasteiger partial charge is 0.378 e. The maximum absolute atomic E-state index is 13.2. The van der Waals surface area contributed by atoms with Crippen LogP contribution in [0.2, 0.25) is 0 Å². The topological polar surface area (TPSA) is 79.6 Å². The molecule has 0 N–H and O–H groups in total. The summed E-state index contributed by atoms with van der Waals surface area (Å²) in [5, 5.41) is 4.55. The number of piperazine rings is 1. The number of hydrogen-bond donors (Lipinski definition) is 0. The van der Waals surface area contributed by atoms with Gasteiger partial charge in [0.15, 0.2) is 0 Å². The number of ether oxygens (including phenoxy) is 1. The molecule has 0 radical (unpaired) electrons. The van der Waals surface area contributed by atoms with Gasteiger partial charge in [0.2, 0.25) is 5.95 Å². The highest BCUT2D eigenvalue weighted by atomic mass is 16.5. The van der Waals surface area contributed by atoms with Crippen molar-refractivity contribution in [2.75, 3.05) is 62.3 Å². The summed E-state index contributed by atoms with van der Waals surface area (Å²) in [4.78, 5) is 29.0. The predicted molar refractivity (Wildman–Crippen MR) is 127 cm³/mol. The van der Waals surface area contributed by atoms with Crippen LogP contribution >= 0.6 is 0 Å². The van der Waals surface area contributed by atoms with Gasteiger partial charge in [0, 0.05) is 63.6 Å². The summed E-state index contributed by atoms with van der Waals surface area (Å²) >= 11 is 0. The third-order valence-corrected chi connectivity index (χ3v) is 6.18. The molecular formula is C24H29N7O2. The summed E-state index contributed by atoms with van der Waals surface area (Å²) in [6, 6.07) is 13.8. The highest BCUT2D eigenvalue weighted by Crippen LogP contribution is 2.22. The monoisotopic (exact) mass is 447 g/mol. The van der Waals surface area contributed by atoms with Crippen LogP contribution in [0.4, 0.5) is 11.8 Å². The average Bonchev–Trinajstić information content (AvgIpc) is 3.26. The van der Waals surface area contributed by atoms with E-state index in [0.29, 0.717) is 32.0 Å². The summed E-state index contributed by atoms with van der Waals surface area (Å²) in [6.07, 6.45) is 0. The number of benzene rings is 1. The number of anilines is 2. The van der Waals surface area contributed by atoms with Gasteiger partial charge in [-0.05, 0) is 13.0 Å². The predicted octanol–water partition coefficient (Wildman–Crippen LogP) is 1.98. The van der Waals surface area contributed by atoms with Gasteiger partial charge in [0.25, 0.3) is 5.91 Å². The molecule has 4 heterocycles. The van der Waals surface area contributed by atoms with Gasteiger partial charge in [0.1, 0.15) is 11.5 Å². The molecule has 33 heavy (non-hydrogen) atoms. The molecule has 0 bridgehead atoms. The Morgan fingerprint density at radius 3 is 2.36 bits per heavy atom. The second kappa shape index (κ2) is 9.19. The lowest BCUT2D eigenvalue weighted by atomic mass is 10.1. The Labute approximate surface area is 193 Å². The number of amides is 1. The van der Waals surface area contributed by atoms with E-state index in [1.807, 2.05) is 61.3 Å². The Kier molecular flexibility index (Phi) is 5.95. The van der Waals surface area contributed by atoms with Gasteiger partial charge in [-0.3, -0.25) is 9.48 Å². The van der Waals surface area contributed by atoms with Gasteiger partial charge in [-0.1, -0.05) is 30.3 Å². The summed E-state index contributed by atoms with van der Waals surface area (Å²) in [5.41, 5.74) is 3.37. The molecule has 1 aromatic carbocycles. The minimum absolute atomic E-state index is 0.0136. The van der Waals surface area contributed by atoms with Crippen LogP contribution in [0.25, 0.3) is 11.3 Å². The molecule has 172 valence electrons. The zero-order valence-electron chi connectivity index (χ0n) is 19.1. The van der Waals surface area contributed by atoms with Crippen LogP contribution in [-0.2, 0) is 11.8 Å². The summed E-state index contributed by atoms with van der Waals surface area (Å²) in [7, 11) is 1.83. The summed E-state index contributed by atoms with van der Waals surface area (Å²) in [5.74, 6) is 1.69. The lowest BCUT2D eigenvalue weighted by molar-refractivity contribution is 0.0735. The van der Waals surface area contributed by atoms with E-state index in [-0.39, 0.29) is 5.91 Å². The molecule has 0 saturated carbocycles. The molecule has 2 aliphatic heterocycles. The van der Waals surface area contributed by atoms with Crippen molar-refractivity contribution in [1.82, 2.24) is 24.6 Å². The molecule has 2 fully saturated rings. The van der Waals surface area contributed by atoms with Crippen LogP contribution in [0.5, 0.6) is 0 Å². The van der Waals surface area contributed by atoms with E-state index in [4.69, 9.17) is 9.72 Å². The van der Waals surface area contributed by atoms with Crippen LogP contribution in [0.3, 0.4) is 0 Å². The van der Waals surface area contributed by atoms with Gasteiger partial charge in [-0.15, -0.1) is 0 Å². The van der Waals surface area contributed by atoms with E-state index in [2.05, 4.69) is 19.9 Å². The fraction of sp³-hybridized carbons (Fsp3) is 0.417. The number of rotatable bonds is 4. The molecule has 9 nitrogen and oxygen atoms in total. The second-order valence-electron chi connectivity index (χ2n) is 8.45. The number of aryl methyl sites for hydroxylation is 2. The summed E-state index contributed by atoms with van der Waals surface area (Å²) < 4.78 is 7.13. The molecule has 0 aliphatic carbocycles. The number of carbonyl (C=O) groups is 1. The second-order valence-corrected chi connectivity index (χ2v) is 8.45. The highest BCUT2D eigenvalue weighted by Gasteiger charge is 2.26. The Morgan fingerprint density at radius 2 is 1.64 bits per heavy atom. The summed E-state index contributed by atoms with van der Waals surface area (Å²) in [6.45, 7) is 7.76. The SMILES string of the molecule is Cc1cc(N2CCN(C(=O)c3cc(-c4ccccc4)nn3C)CC2)nc(N2CCOCC2)n1. The first-order valence-electron chi connectivity index (χ1n) is 11.4. The van der Waals surface area contributed by atoms with Crippen LogP contribution in [0, 0.1) is 6.92 Å². The van der Waals surface area contributed by atoms with Crippen LogP contribution in [-0.4, -0.2) is 83.0 Å². The third-order valence-electron chi connectivity index (χ3n) is 6.18. The Balaban J connectivity index is 1.26. The highest BCUT2D eigenvalue weighted by molar-refractivity contribution is 5.94. The van der Waals surface area contributed by atoms with Gasteiger partial charge in [-0.25, -0.2) is 4.98 Å². The normalized spacial score (nSPS) is 16.8. The standard InChI is InChI=1S/C24H29N7O2/c1-18-16-22(26-24(25-18)31-12-14-33-15-13-31)29-8-10-30(11-9-29)23(32)21-17-20(27-28(21)2)19-6-4-3-5-7-19/h3-7,16-17H,8-15H2,1-2H3. The molecule has 2 saturated heterocycles. The fourth-order valence-corrected chi connectivity index (χ4v) is 4.32. The van der Waals surface area contributed by atoms with Crippen molar-refractivity contribution in [2.45, 2.75) is 6.92 Å². The van der Waals surface area contributed by atoms with Gasteiger partial charge < -0.3 is 19.4 Å². The first-order valence-corrected chi connectivity index (χ1v) is 11.4. The number of hydrogen-bond acceptors (Lipinski definition) is 7. The van der Waals surface area contributed by atoms with Crippen molar-refractivity contribution in [3.63, 3.8) is 0 Å². The minimum Gasteiger partial charge on any atom is -0.378 e. The quantitative estimate of drug-likeness (QED) is 0.605. The zero-order chi connectivity index (χ0) is 22.8. The van der Waals surface area contributed by atoms with Crippen molar-refractivity contribution >= 4 is 17.7 Å². The maximum atomic E-state index is 13.2. The van der Waals surface area contributed by atoms with E-state index in [0.717, 1.165) is 54.9 Å². The lowest BCUT2D eigenvalue weighted by Gasteiger charge is -2.36. The molecule has 0 atom stereocenters. The van der Waals surface area contributed by atoms with Gasteiger partial charge >= 0.3 is 0 Å². The van der Waals surface area contributed by atoms with E-state index < -0.39 is 0 Å². The molecule has 9 heteroatoms. The van der Waals surface area contributed by atoms with E-state index >= 15 is 0 Å². The van der Waals surface area contributed by atoms with Crippen molar-refractivity contribution < 1.29 is 9.53 Å². The van der Waals surface area contributed by atoms with Crippen LogP contribution in [0.15, 0.2) is 42.5 Å². The molecule has 3 aromatic rings. The number of carbonyl (C=O) groups excluding carboxylic acids is 1. The average molecular weight is 448 g/mol. The molecular weight excluding hydrogens is 418 g/mol. The van der Waals surface area contributed by atoms with Crippen LogP contribution in [0.1, 0.15) is 16.2 Å². The van der Waals surface area contributed by atoms with E-state index in [9.17, 15) is 4.79 Å². The first kappa shape index (κ1) is 21.4.